The molecule has 27 heavy (non-hydrogen) atoms. The standard InChI is InChI=1S/C22H21O4P/c23-15-19-11-13-22(14-12-19)18-27(24,25-16-20-7-3-1-4-8-20)26-17-21-9-5-2-6-10-21/h1-15H,16-18H2. The van der Waals surface area contributed by atoms with E-state index >= 15 is 0 Å². The highest BCUT2D eigenvalue weighted by Crippen LogP contribution is 2.52. The lowest BCUT2D eigenvalue weighted by Crippen LogP contribution is -2.01. The fourth-order valence-corrected chi connectivity index (χ4v) is 4.15. The molecule has 3 aromatic rings. The highest BCUT2D eigenvalue weighted by atomic mass is 31.2. The molecule has 5 heteroatoms. The van der Waals surface area contributed by atoms with Crippen molar-refractivity contribution in [2.75, 3.05) is 0 Å². The van der Waals surface area contributed by atoms with Gasteiger partial charge in [-0.3, -0.25) is 9.36 Å². The van der Waals surface area contributed by atoms with E-state index in [-0.39, 0.29) is 19.4 Å². The Labute approximate surface area is 159 Å². The number of aldehydes is 1. The predicted octanol–water partition coefficient (Wildman–Crippen LogP) is 5.63. The average Bonchev–Trinajstić information content (AvgIpc) is 2.73. The van der Waals surface area contributed by atoms with Crippen LogP contribution in [0.2, 0.25) is 0 Å². The summed E-state index contributed by atoms with van der Waals surface area (Å²) in [6.07, 6.45) is 0.924. The van der Waals surface area contributed by atoms with Crippen molar-refractivity contribution >= 4 is 13.9 Å². The maximum absolute atomic E-state index is 13.4. The van der Waals surface area contributed by atoms with E-state index in [0.717, 1.165) is 23.0 Å². The highest BCUT2D eigenvalue weighted by Gasteiger charge is 2.25. The van der Waals surface area contributed by atoms with Crippen LogP contribution in [-0.4, -0.2) is 6.29 Å². The van der Waals surface area contributed by atoms with Gasteiger partial charge in [0.1, 0.15) is 6.29 Å². The van der Waals surface area contributed by atoms with E-state index in [1.807, 2.05) is 60.7 Å². The molecule has 0 atom stereocenters. The summed E-state index contributed by atoms with van der Waals surface area (Å²) in [4.78, 5) is 10.8. The van der Waals surface area contributed by atoms with Crippen LogP contribution < -0.4 is 0 Å². The average molecular weight is 380 g/mol. The summed E-state index contributed by atoms with van der Waals surface area (Å²) in [6, 6.07) is 26.1. The zero-order chi connectivity index (χ0) is 19.0. The predicted molar refractivity (Wildman–Crippen MR) is 106 cm³/mol. The van der Waals surface area contributed by atoms with Crippen molar-refractivity contribution in [2.45, 2.75) is 19.4 Å². The molecule has 0 aliphatic rings. The second-order valence-electron chi connectivity index (χ2n) is 6.15. The molecule has 0 saturated carbocycles. The lowest BCUT2D eigenvalue weighted by molar-refractivity contribution is 0.112. The summed E-state index contributed by atoms with van der Waals surface area (Å²) in [5.41, 5.74) is 3.23. The molecule has 3 rings (SSSR count). The quantitative estimate of drug-likeness (QED) is 0.357. The fourth-order valence-electron chi connectivity index (χ4n) is 2.55. The summed E-state index contributed by atoms with van der Waals surface area (Å²) in [7, 11) is -3.38. The van der Waals surface area contributed by atoms with E-state index in [2.05, 4.69) is 0 Å². The van der Waals surface area contributed by atoms with Crippen molar-refractivity contribution < 1.29 is 18.4 Å². The van der Waals surface area contributed by atoms with Crippen molar-refractivity contribution in [2.24, 2.45) is 0 Å². The number of hydrogen-bond acceptors (Lipinski definition) is 4. The SMILES string of the molecule is O=Cc1ccc(CP(=O)(OCc2ccccc2)OCc2ccccc2)cc1. The lowest BCUT2D eigenvalue weighted by atomic mass is 10.2. The Balaban J connectivity index is 1.73. The Kier molecular flexibility index (Phi) is 6.72. The van der Waals surface area contributed by atoms with Crippen molar-refractivity contribution in [1.82, 2.24) is 0 Å². The van der Waals surface area contributed by atoms with E-state index < -0.39 is 7.60 Å². The molecule has 0 aliphatic carbocycles. The van der Waals surface area contributed by atoms with Gasteiger partial charge < -0.3 is 9.05 Å². The molecule has 0 N–H and O–H groups in total. The van der Waals surface area contributed by atoms with Crippen LogP contribution in [0.1, 0.15) is 27.0 Å². The second-order valence-corrected chi connectivity index (χ2v) is 8.20. The molecule has 0 unspecified atom stereocenters. The fraction of sp³-hybridized carbons (Fsp3) is 0.136. The molecule has 0 saturated heterocycles. The lowest BCUT2D eigenvalue weighted by Gasteiger charge is -2.19. The van der Waals surface area contributed by atoms with Gasteiger partial charge in [0.2, 0.25) is 0 Å². The largest absolute Gasteiger partial charge is 0.335 e. The van der Waals surface area contributed by atoms with Crippen LogP contribution in [0.15, 0.2) is 84.9 Å². The maximum atomic E-state index is 13.4. The Morgan fingerprint density at radius 2 is 1.15 bits per heavy atom. The van der Waals surface area contributed by atoms with Gasteiger partial charge in [0, 0.05) is 5.56 Å². The smallest absolute Gasteiger partial charge is 0.304 e. The van der Waals surface area contributed by atoms with Crippen molar-refractivity contribution in [1.29, 1.82) is 0 Å². The first-order chi connectivity index (χ1) is 13.2. The van der Waals surface area contributed by atoms with Crippen LogP contribution >= 0.6 is 7.60 Å². The molecular weight excluding hydrogens is 359 g/mol. The molecule has 0 fully saturated rings. The topological polar surface area (TPSA) is 52.6 Å². The van der Waals surface area contributed by atoms with Crippen molar-refractivity contribution in [3.8, 4) is 0 Å². The van der Waals surface area contributed by atoms with Gasteiger partial charge in [0.25, 0.3) is 0 Å². The third-order valence-corrected chi connectivity index (χ3v) is 5.83. The second kappa shape index (κ2) is 9.43. The number of carbonyl (C=O) groups excluding carboxylic acids is 1. The minimum atomic E-state index is -3.38. The molecule has 4 nitrogen and oxygen atoms in total. The van der Waals surface area contributed by atoms with Gasteiger partial charge in [-0.05, 0) is 16.7 Å². The number of hydrogen-bond donors (Lipinski definition) is 0. The van der Waals surface area contributed by atoms with Gasteiger partial charge in [-0.25, -0.2) is 0 Å². The summed E-state index contributed by atoms with van der Waals surface area (Å²) in [5.74, 6) is 0. The minimum absolute atomic E-state index is 0.145. The van der Waals surface area contributed by atoms with Crippen molar-refractivity contribution in [3.63, 3.8) is 0 Å². The van der Waals surface area contributed by atoms with Gasteiger partial charge in [-0.15, -0.1) is 0 Å². The molecule has 0 amide bonds. The van der Waals surface area contributed by atoms with Crippen LogP contribution in [-0.2, 0) is 33.0 Å². The summed E-state index contributed by atoms with van der Waals surface area (Å²) in [5, 5.41) is 0. The monoisotopic (exact) mass is 380 g/mol. The zero-order valence-corrected chi connectivity index (χ0v) is 15.8. The van der Waals surface area contributed by atoms with Gasteiger partial charge in [-0.1, -0.05) is 84.9 Å². The first-order valence-electron chi connectivity index (χ1n) is 8.67. The molecule has 0 bridgehead atoms. The van der Waals surface area contributed by atoms with Crippen LogP contribution in [0.3, 0.4) is 0 Å². The number of rotatable bonds is 9. The summed E-state index contributed by atoms with van der Waals surface area (Å²) < 4.78 is 24.9. The van der Waals surface area contributed by atoms with Crippen LogP contribution in [0, 0.1) is 0 Å². The maximum Gasteiger partial charge on any atom is 0.335 e. The Hall–Kier alpha value is -2.52. The van der Waals surface area contributed by atoms with Crippen molar-refractivity contribution in [3.05, 3.63) is 107 Å². The van der Waals surface area contributed by atoms with E-state index in [1.54, 1.807) is 24.3 Å². The molecule has 138 valence electrons. The third kappa shape index (κ3) is 6.00. The molecule has 0 spiro atoms. The summed E-state index contributed by atoms with van der Waals surface area (Å²) in [6.45, 7) is 0.415. The molecule has 0 aromatic heterocycles. The number of carbonyl (C=O) groups is 1. The first-order valence-corrected chi connectivity index (χ1v) is 10.4. The number of benzene rings is 3. The van der Waals surface area contributed by atoms with Crippen LogP contribution in [0.5, 0.6) is 0 Å². The van der Waals surface area contributed by atoms with E-state index in [0.29, 0.717) is 5.56 Å². The molecule has 0 aliphatic heterocycles. The molecule has 0 radical (unpaired) electrons. The molecule has 3 aromatic carbocycles. The van der Waals surface area contributed by atoms with Crippen LogP contribution in [0.25, 0.3) is 0 Å². The Morgan fingerprint density at radius 3 is 1.59 bits per heavy atom. The Morgan fingerprint density at radius 1 is 0.667 bits per heavy atom. The van der Waals surface area contributed by atoms with Gasteiger partial charge >= 0.3 is 7.60 Å². The van der Waals surface area contributed by atoms with Gasteiger partial charge in [0.05, 0.1) is 19.4 Å². The van der Waals surface area contributed by atoms with Crippen LogP contribution in [0.4, 0.5) is 0 Å². The van der Waals surface area contributed by atoms with Gasteiger partial charge in [-0.2, -0.15) is 0 Å². The Bertz CT molecular complexity index is 845. The van der Waals surface area contributed by atoms with E-state index in [4.69, 9.17) is 9.05 Å². The van der Waals surface area contributed by atoms with E-state index in [1.165, 1.54) is 0 Å². The summed E-state index contributed by atoms with van der Waals surface area (Å²) >= 11 is 0. The van der Waals surface area contributed by atoms with Gasteiger partial charge in [0.15, 0.2) is 0 Å². The normalized spacial score (nSPS) is 11.3. The molecule has 0 heterocycles. The minimum Gasteiger partial charge on any atom is -0.304 e. The highest BCUT2D eigenvalue weighted by molar-refractivity contribution is 7.52. The van der Waals surface area contributed by atoms with E-state index in [9.17, 15) is 9.36 Å². The first kappa shape index (κ1) is 19.2. The molecular formula is C22H21O4P. The zero-order valence-electron chi connectivity index (χ0n) is 14.9. The third-order valence-electron chi connectivity index (χ3n) is 4.03.